The quantitative estimate of drug-likeness (QED) is 0.0967. The molecule has 3 saturated heterocycles. The summed E-state index contributed by atoms with van der Waals surface area (Å²) in [4.78, 5) is 28.9. The first-order chi connectivity index (χ1) is 33.2. The zero-order chi connectivity index (χ0) is 52.9. The molecule has 19 atom stereocenters. The summed E-state index contributed by atoms with van der Waals surface area (Å²) in [7, 11) is 5.16. The number of alkyl halides is 1. The van der Waals surface area contributed by atoms with E-state index < -0.39 is 126 Å². The van der Waals surface area contributed by atoms with Gasteiger partial charge in [-0.15, -0.1) is 5.10 Å². The van der Waals surface area contributed by atoms with Crippen LogP contribution in [0, 0.1) is 27.9 Å². The largest absolute Gasteiger partial charge is 0.459 e. The lowest BCUT2D eigenvalue weighted by atomic mass is 9.77. The Balaban J connectivity index is 1.43. The highest BCUT2D eigenvalue weighted by Crippen LogP contribution is 2.40. The van der Waals surface area contributed by atoms with Gasteiger partial charge < -0.3 is 63.8 Å². The number of non-ortho nitro benzene ring substituents is 1. The lowest BCUT2D eigenvalue weighted by Crippen LogP contribution is -2.61. The predicted octanol–water partition coefficient (Wildman–Crippen LogP) is 3.77. The molecule has 4 heterocycles. The average molecular weight is 1010 g/mol. The fourth-order valence-electron chi connectivity index (χ4n) is 11.0. The number of ether oxygens (including phenoxy) is 6. The summed E-state index contributed by atoms with van der Waals surface area (Å²) in [6.07, 6.45) is -7.26. The van der Waals surface area contributed by atoms with Gasteiger partial charge in [0.1, 0.15) is 36.7 Å². The number of benzene rings is 1. The molecule has 3 aliphatic rings. The summed E-state index contributed by atoms with van der Waals surface area (Å²) in [5, 5.41) is 79.2. The van der Waals surface area contributed by atoms with Gasteiger partial charge in [-0.05, 0) is 99.7 Å². The van der Waals surface area contributed by atoms with Crippen LogP contribution in [0.3, 0.4) is 0 Å². The Morgan fingerprint density at radius 3 is 2.28 bits per heavy atom. The van der Waals surface area contributed by atoms with Gasteiger partial charge in [-0.2, -0.15) is 0 Å². The van der Waals surface area contributed by atoms with Crippen LogP contribution in [0.25, 0.3) is 0 Å². The number of nitro groups is 1. The molecule has 71 heavy (non-hydrogen) atoms. The van der Waals surface area contributed by atoms with Gasteiger partial charge >= 0.3 is 5.97 Å². The molecule has 0 amide bonds. The van der Waals surface area contributed by atoms with Crippen molar-refractivity contribution < 1.29 is 68.1 Å². The minimum Gasteiger partial charge on any atom is -0.459 e. The van der Waals surface area contributed by atoms with Crippen molar-refractivity contribution in [1.82, 2.24) is 24.8 Å². The van der Waals surface area contributed by atoms with Crippen LogP contribution in [-0.4, -0.2) is 192 Å². The topological polar surface area (TPSA) is 254 Å². The first-order valence-corrected chi connectivity index (χ1v) is 25.1. The average Bonchev–Trinajstić information content (AvgIpc) is 3.79. The van der Waals surface area contributed by atoms with E-state index in [1.54, 1.807) is 66.8 Å². The molecule has 1 aromatic heterocycles. The molecule has 3 aliphatic heterocycles. The Morgan fingerprint density at radius 1 is 1.01 bits per heavy atom. The molecule has 0 radical (unpaired) electrons. The van der Waals surface area contributed by atoms with Crippen LogP contribution < -0.4 is 0 Å². The minimum absolute atomic E-state index is 0.0545. The van der Waals surface area contributed by atoms with Crippen molar-refractivity contribution in [2.75, 3.05) is 41.0 Å². The van der Waals surface area contributed by atoms with Crippen molar-refractivity contribution in [2.24, 2.45) is 17.8 Å². The lowest BCUT2D eigenvalue weighted by Gasteiger charge is -2.49. The van der Waals surface area contributed by atoms with Crippen molar-refractivity contribution in [3.8, 4) is 0 Å². The maximum Gasteiger partial charge on any atom is 0.311 e. The van der Waals surface area contributed by atoms with Crippen LogP contribution in [0.5, 0.6) is 0 Å². The molecule has 0 saturated carbocycles. The third-order valence-electron chi connectivity index (χ3n) is 15.6. The Bertz CT molecular complexity index is 2020. The minimum atomic E-state index is -1.86. The number of aliphatic hydroxyl groups is 5. The molecule has 5 N–H and O–H groups in total. The lowest BCUT2D eigenvalue weighted by molar-refractivity contribution is -0.384. The van der Waals surface area contributed by atoms with Gasteiger partial charge in [0.05, 0.1) is 58.2 Å². The van der Waals surface area contributed by atoms with Gasteiger partial charge in [-0.3, -0.25) is 14.9 Å². The number of methoxy groups -OCH3 is 1. The van der Waals surface area contributed by atoms with E-state index in [0.29, 0.717) is 37.2 Å². The molecular weight excluding hydrogens is 928 g/mol. The Labute approximate surface area is 418 Å². The maximum atomic E-state index is 14.5. The van der Waals surface area contributed by atoms with Crippen LogP contribution in [-0.2, 0) is 46.1 Å². The third-order valence-corrected chi connectivity index (χ3v) is 15.6. The number of rotatable bonds is 15. The van der Waals surface area contributed by atoms with Gasteiger partial charge in [0.2, 0.25) is 0 Å². The number of hydrogen-bond donors (Lipinski definition) is 5. The fraction of sp³-hybridized carbons (Fsp3) is 0.820. The number of halogens is 1. The number of cyclic esters (lactones) is 1. The number of esters is 1. The van der Waals surface area contributed by atoms with Crippen LogP contribution in [0.1, 0.15) is 112 Å². The maximum absolute atomic E-state index is 14.5. The van der Waals surface area contributed by atoms with Crippen molar-refractivity contribution in [3.05, 3.63) is 51.8 Å². The first-order valence-electron chi connectivity index (χ1n) is 25.1. The van der Waals surface area contributed by atoms with E-state index in [1.807, 2.05) is 37.7 Å². The molecule has 0 spiro atoms. The van der Waals surface area contributed by atoms with E-state index in [0.717, 1.165) is 0 Å². The first kappa shape index (κ1) is 58.6. The molecular formula is C50H83FN6O14. The van der Waals surface area contributed by atoms with Crippen LogP contribution in [0.2, 0.25) is 0 Å². The molecule has 5 rings (SSSR count). The highest BCUT2D eigenvalue weighted by Gasteiger charge is 2.53. The molecule has 404 valence electrons. The second-order valence-corrected chi connectivity index (χ2v) is 21.6. The predicted molar refractivity (Wildman–Crippen MR) is 259 cm³/mol. The van der Waals surface area contributed by atoms with Crippen LogP contribution in [0.15, 0.2) is 30.5 Å². The van der Waals surface area contributed by atoms with E-state index in [4.69, 9.17) is 28.4 Å². The van der Waals surface area contributed by atoms with Gasteiger partial charge in [0.25, 0.3) is 5.69 Å². The van der Waals surface area contributed by atoms with Crippen molar-refractivity contribution in [3.63, 3.8) is 0 Å². The Hall–Kier alpha value is -3.32. The van der Waals surface area contributed by atoms with Crippen molar-refractivity contribution in [2.45, 2.75) is 204 Å². The number of aromatic nitrogens is 3. The Morgan fingerprint density at radius 2 is 1.68 bits per heavy atom. The molecule has 1 aromatic carbocycles. The number of hydrogen-bond acceptors (Lipinski definition) is 18. The van der Waals surface area contributed by atoms with Gasteiger partial charge in [0.15, 0.2) is 12.6 Å². The summed E-state index contributed by atoms with van der Waals surface area (Å²) in [6.45, 7) is 17.4. The molecule has 3 fully saturated rings. The summed E-state index contributed by atoms with van der Waals surface area (Å²) in [5.74, 6) is -2.91. The number of nitro benzene ring substituents is 1. The van der Waals surface area contributed by atoms with E-state index in [9.17, 15) is 44.8 Å². The smallest absolute Gasteiger partial charge is 0.311 e. The summed E-state index contributed by atoms with van der Waals surface area (Å²) in [6, 6.07) is 4.18. The molecule has 20 nitrogen and oxygen atoms in total. The molecule has 21 heteroatoms. The molecule has 0 unspecified atom stereocenters. The van der Waals surface area contributed by atoms with Gasteiger partial charge in [0, 0.05) is 69.4 Å². The van der Waals surface area contributed by atoms with E-state index in [-0.39, 0.29) is 37.3 Å². The number of carbonyl (C=O) groups excluding carboxylic acids is 1. The number of likely N-dealkylation sites (N-methyl/N-ethyl adjacent to an activating group) is 2. The van der Waals surface area contributed by atoms with Crippen molar-refractivity contribution >= 4 is 11.7 Å². The van der Waals surface area contributed by atoms with E-state index in [2.05, 4.69) is 10.3 Å². The van der Waals surface area contributed by atoms with Crippen LogP contribution in [0.4, 0.5) is 10.1 Å². The highest BCUT2D eigenvalue weighted by atomic mass is 19.1. The number of aliphatic hydroxyl groups excluding tert-OH is 3. The van der Waals surface area contributed by atoms with Gasteiger partial charge in [-0.25, -0.2) is 9.07 Å². The highest BCUT2D eigenvalue weighted by molar-refractivity contribution is 5.73. The Kier molecular flexibility index (Phi) is 20.1. The zero-order valence-corrected chi connectivity index (χ0v) is 44.0. The molecule has 0 aliphatic carbocycles. The standard InChI is InChI=1S/C50H83FN6O14/c1-14-39-50(10,63)43(59)32(6)55(12)26-28(2)23-48(8,62)45(30(4)42(31(5)46(61)69-39)70-40-24-49(9,66-13)44(60)33(7)68-40)71-47-41(58)38(21-29(3)67-47)54(11)20-19-35-27-56(53-52-35)37(25-51)22-34-15-17-36(18-16-34)57(64)65/h15-18,27-33,37-45,47,58-60,62-63H,14,19-26H2,1-13H3/t28-,29-,30+,31-,32-,33+,37+,38+,39-,40+,41-,42+,43-,44+,45-,47+,48-,49-,50-/m1/s1. The molecule has 2 aromatic rings. The second kappa shape index (κ2) is 24.4. The third kappa shape index (κ3) is 13.9. The monoisotopic (exact) mass is 1010 g/mol. The summed E-state index contributed by atoms with van der Waals surface area (Å²) in [5.41, 5.74) is -3.36. The second-order valence-electron chi connectivity index (χ2n) is 21.6. The summed E-state index contributed by atoms with van der Waals surface area (Å²) < 4.78 is 53.9. The number of carbonyl (C=O) groups is 1. The van der Waals surface area contributed by atoms with E-state index in [1.165, 1.54) is 30.8 Å². The summed E-state index contributed by atoms with van der Waals surface area (Å²) >= 11 is 0. The zero-order valence-electron chi connectivity index (χ0n) is 44.0. The van der Waals surface area contributed by atoms with Gasteiger partial charge in [-0.1, -0.05) is 38.1 Å². The SMILES string of the molecule is CC[C@H]1OC(=O)[C@H](C)[C@@H](O[C@H]2C[C@@](C)(OC)[C@@H](O)[C@H](C)O2)[C@H](C)[C@@H](O[C@@H]2O[C@H](C)C[C@H](N(C)CCc3cn([C@H](CF)Cc4ccc([N+](=O)[O-])cc4)nn3)[C@H]2O)[C@](C)(O)C[C@@H](C)CN(C)[C@H](C)[C@@H](O)[C@]1(C)O. The van der Waals surface area contributed by atoms with Crippen LogP contribution >= 0.6 is 0 Å². The number of nitrogens with zero attached hydrogens (tertiary/aromatic N) is 6. The van der Waals surface area contributed by atoms with E-state index >= 15 is 0 Å². The normalized spacial score (nSPS) is 39.9. The van der Waals surface area contributed by atoms with Crippen molar-refractivity contribution in [1.29, 1.82) is 0 Å². The molecule has 0 bridgehead atoms. The fourth-order valence-corrected chi connectivity index (χ4v) is 11.0.